The van der Waals surface area contributed by atoms with Crippen molar-refractivity contribution < 1.29 is 9.53 Å². The van der Waals surface area contributed by atoms with E-state index in [1.807, 2.05) is 6.07 Å². The largest absolute Gasteiger partial charge is 0.464 e. The summed E-state index contributed by atoms with van der Waals surface area (Å²) in [5, 5.41) is 3.44. The molecule has 4 nitrogen and oxygen atoms in total. The second-order valence-corrected chi connectivity index (χ2v) is 5.74. The maximum Gasteiger partial charge on any atom is 0.356 e. The number of pyridine rings is 1. The Bertz CT molecular complexity index is 475. The van der Waals surface area contributed by atoms with Crippen LogP contribution in [0, 0.1) is 17.8 Å². The molecule has 1 aromatic rings. The molecule has 0 aliphatic heterocycles. The Morgan fingerprint density at radius 3 is 3.05 bits per heavy atom. The van der Waals surface area contributed by atoms with Crippen LogP contribution in [0.4, 0.5) is 5.69 Å². The monoisotopic (exact) mass is 260 g/mol. The van der Waals surface area contributed by atoms with E-state index in [9.17, 15) is 4.79 Å². The van der Waals surface area contributed by atoms with Crippen molar-refractivity contribution in [3.63, 3.8) is 0 Å². The van der Waals surface area contributed by atoms with Crippen LogP contribution >= 0.6 is 0 Å². The zero-order valence-corrected chi connectivity index (χ0v) is 11.3. The summed E-state index contributed by atoms with van der Waals surface area (Å²) < 4.78 is 4.68. The highest BCUT2D eigenvalue weighted by Gasteiger charge is 2.38. The Labute approximate surface area is 113 Å². The van der Waals surface area contributed by atoms with Crippen LogP contribution in [-0.4, -0.2) is 24.6 Å². The number of nitrogens with one attached hydrogen (secondary N) is 1. The number of hydrogen-bond acceptors (Lipinski definition) is 4. The molecule has 19 heavy (non-hydrogen) atoms. The minimum atomic E-state index is -0.386. The van der Waals surface area contributed by atoms with Gasteiger partial charge in [0.05, 0.1) is 7.11 Å². The first-order chi connectivity index (χ1) is 9.26. The van der Waals surface area contributed by atoms with Crippen LogP contribution in [0.3, 0.4) is 0 Å². The number of methoxy groups -OCH3 is 1. The number of nitrogens with zero attached hydrogens (tertiary/aromatic N) is 1. The third-order valence-electron chi connectivity index (χ3n) is 4.61. The maximum atomic E-state index is 11.4. The van der Waals surface area contributed by atoms with Crippen molar-refractivity contribution in [3.05, 3.63) is 24.0 Å². The first-order valence-electron chi connectivity index (χ1n) is 7.04. The first kappa shape index (κ1) is 12.5. The molecule has 2 saturated carbocycles. The van der Waals surface area contributed by atoms with E-state index in [4.69, 9.17) is 0 Å². The highest BCUT2D eigenvalue weighted by molar-refractivity contribution is 5.88. The van der Waals surface area contributed by atoms with Crippen molar-refractivity contribution >= 4 is 11.7 Å². The number of esters is 1. The van der Waals surface area contributed by atoms with Crippen LogP contribution in [0.25, 0.3) is 0 Å². The van der Waals surface area contributed by atoms with E-state index in [1.54, 1.807) is 12.3 Å². The van der Waals surface area contributed by atoms with E-state index in [1.165, 1.54) is 32.8 Å². The first-order valence-corrected chi connectivity index (χ1v) is 7.04. The van der Waals surface area contributed by atoms with Gasteiger partial charge < -0.3 is 10.1 Å². The summed E-state index contributed by atoms with van der Waals surface area (Å²) in [6.45, 7) is 1.01. The van der Waals surface area contributed by atoms with Gasteiger partial charge in [-0.05, 0) is 49.1 Å². The highest BCUT2D eigenvalue weighted by Crippen LogP contribution is 2.48. The van der Waals surface area contributed by atoms with Gasteiger partial charge in [0.1, 0.15) is 5.69 Å². The maximum absolute atomic E-state index is 11.4. The smallest absolute Gasteiger partial charge is 0.356 e. The molecule has 102 valence electrons. The fourth-order valence-corrected chi connectivity index (χ4v) is 3.63. The van der Waals surface area contributed by atoms with Crippen molar-refractivity contribution in [2.75, 3.05) is 19.0 Å². The molecule has 2 aliphatic rings. The Balaban J connectivity index is 1.59. The molecule has 0 aromatic carbocycles. The summed E-state index contributed by atoms with van der Waals surface area (Å²) >= 11 is 0. The zero-order valence-electron chi connectivity index (χ0n) is 11.3. The quantitative estimate of drug-likeness (QED) is 0.846. The Morgan fingerprint density at radius 1 is 1.47 bits per heavy atom. The average Bonchev–Trinajstić information content (AvgIpc) is 3.07. The molecule has 0 spiro atoms. The molecule has 3 atom stereocenters. The molecule has 1 N–H and O–H groups in total. The van der Waals surface area contributed by atoms with E-state index in [2.05, 4.69) is 15.0 Å². The Morgan fingerprint density at radius 2 is 2.37 bits per heavy atom. The van der Waals surface area contributed by atoms with E-state index >= 15 is 0 Å². The predicted molar refractivity (Wildman–Crippen MR) is 73.0 cm³/mol. The number of carbonyl (C=O) groups is 1. The molecule has 1 heterocycles. The molecule has 2 bridgehead atoms. The fourth-order valence-electron chi connectivity index (χ4n) is 3.63. The molecule has 1 aromatic heterocycles. The van der Waals surface area contributed by atoms with Gasteiger partial charge in [0.2, 0.25) is 0 Å². The SMILES string of the molecule is COC(=O)c1cc(NCC2CC3CCC2C3)ccn1. The van der Waals surface area contributed by atoms with E-state index in [0.717, 1.165) is 30.0 Å². The van der Waals surface area contributed by atoms with Gasteiger partial charge in [0, 0.05) is 18.4 Å². The van der Waals surface area contributed by atoms with Crippen molar-refractivity contribution in [3.8, 4) is 0 Å². The van der Waals surface area contributed by atoms with Crippen LogP contribution < -0.4 is 5.32 Å². The van der Waals surface area contributed by atoms with Gasteiger partial charge in [-0.15, -0.1) is 0 Å². The second-order valence-electron chi connectivity index (χ2n) is 5.74. The average molecular weight is 260 g/mol. The molecular formula is C15H20N2O2. The van der Waals surface area contributed by atoms with Gasteiger partial charge in [-0.25, -0.2) is 9.78 Å². The third kappa shape index (κ3) is 2.57. The van der Waals surface area contributed by atoms with E-state index in [0.29, 0.717) is 5.69 Å². The van der Waals surface area contributed by atoms with Gasteiger partial charge in [-0.1, -0.05) is 6.42 Å². The minimum absolute atomic E-state index is 0.362. The lowest BCUT2D eigenvalue weighted by Gasteiger charge is -2.22. The minimum Gasteiger partial charge on any atom is -0.464 e. The summed E-state index contributed by atoms with van der Waals surface area (Å²) in [5.41, 5.74) is 1.32. The standard InChI is InChI=1S/C15H20N2O2/c1-19-15(18)14-8-13(4-5-16-14)17-9-12-7-10-2-3-11(12)6-10/h4-5,8,10-12H,2-3,6-7,9H2,1H3,(H,16,17). The molecule has 0 radical (unpaired) electrons. The topological polar surface area (TPSA) is 51.2 Å². The molecule has 2 fully saturated rings. The lowest BCUT2D eigenvalue weighted by atomic mass is 9.89. The van der Waals surface area contributed by atoms with Gasteiger partial charge in [0.15, 0.2) is 0 Å². The lowest BCUT2D eigenvalue weighted by Crippen LogP contribution is -2.20. The van der Waals surface area contributed by atoms with Crippen molar-refractivity contribution in [1.29, 1.82) is 0 Å². The Kier molecular flexibility index (Phi) is 3.40. The summed E-state index contributed by atoms with van der Waals surface area (Å²) in [6, 6.07) is 3.67. The van der Waals surface area contributed by atoms with Crippen LogP contribution in [0.15, 0.2) is 18.3 Å². The zero-order chi connectivity index (χ0) is 13.2. The van der Waals surface area contributed by atoms with E-state index < -0.39 is 0 Å². The van der Waals surface area contributed by atoms with Gasteiger partial charge in [0.25, 0.3) is 0 Å². The number of fused-ring (bicyclic) bond motifs is 2. The van der Waals surface area contributed by atoms with Crippen molar-refractivity contribution in [2.24, 2.45) is 17.8 Å². The Hall–Kier alpha value is -1.58. The molecule has 3 rings (SSSR count). The van der Waals surface area contributed by atoms with Crippen LogP contribution in [-0.2, 0) is 4.74 Å². The van der Waals surface area contributed by atoms with Gasteiger partial charge in [-0.2, -0.15) is 0 Å². The number of anilines is 1. The molecule has 4 heteroatoms. The predicted octanol–water partition coefficient (Wildman–Crippen LogP) is 2.72. The summed E-state index contributed by atoms with van der Waals surface area (Å²) in [7, 11) is 1.37. The number of rotatable bonds is 4. The van der Waals surface area contributed by atoms with Crippen molar-refractivity contribution in [1.82, 2.24) is 4.98 Å². The third-order valence-corrected chi connectivity index (χ3v) is 4.61. The number of ether oxygens (including phenoxy) is 1. The van der Waals surface area contributed by atoms with E-state index in [-0.39, 0.29) is 5.97 Å². The van der Waals surface area contributed by atoms with Crippen LogP contribution in [0.1, 0.15) is 36.2 Å². The summed E-state index contributed by atoms with van der Waals surface area (Å²) in [5.74, 6) is 2.30. The molecule has 3 unspecified atom stereocenters. The summed E-state index contributed by atoms with van der Waals surface area (Å²) in [4.78, 5) is 15.4. The summed E-state index contributed by atoms with van der Waals surface area (Å²) in [6.07, 6.45) is 7.28. The fraction of sp³-hybridized carbons (Fsp3) is 0.600. The van der Waals surface area contributed by atoms with Crippen LogP contribution in [0.2, 0.25) is 0 Å². The second kappa shape index (κ2) is 5.19. The lowest BCUT2D eigenvalue weighted by molar-refractivity contribution is 0.0594. The highest BCUT2D eigenvalue weighted by atomic mass is 16.5. The number of hydrogen-bond donors (Lipinski definition) is 1. The van der Waals surface area contributed by atoms with Crippen LogP contribution in [0.5, 0.6) is 0 Å². The number of aromatic nitrogens is 1. The van der Waals surface area contributed by atoms with Crippen molar-refractivity contribution in [2.45, 2.75) is 25.7 Å². The normalized spacial score (nSPS) is 28.4. The van der Waals surface area contributed by atoms with Gasteiger partial charge in [-0.3, -0.25) is 0 Å². The molecule has 2 aliphatic carbocycles. The molecular weight excluding hydrogens is 240 g/mol. The molecule has 0 saturated heterocycles. The van der Waals surface area contributed by atoms with Gasteiger partial charge >= 0.3 is 5.97 Å². The number of carbonyl (C=O) groups excluding carboxylic acids is 1. The molecule has 0 amide bonds.